The van der Waals surface area contributed by atoms with Gasteiger partial charge in [-0.25, -0.2) is 4.79 Å². The molecule has 3 atom stereocenters. The van der Waals surface area contributed by atoms with Crippen molar-refractivity contribution in [3.8, 4) is 0 Å². The van der Waals surface area contributed by atoms with Crippen molar-refractivity contribution in [2.45, 2.75) is 52.7 Å². The van der Waals surface area contributed by atoms with Crippen LogP contribution >= 0.6 is 0 Å². The highest BCUT2D eigenvalue weighted by Crippen LogP contribution is 2.36. The lowest BCUT2D eigenvalue weighted by atomic mass is 9.73. The van der Waals surface area contributed by atoms with Crippen molar-refractivity contribution < 1.29 is 14.3 Å². The fourth-order valence-electron chi connectivity index (χ4n) is 2.59. The van der Waals surface area contributed by atoms with Gasteiger partial charge < -0.3 is 20.5 Å². The normalized spacial score (nSPS) is 26.8. The van der Waals surface area contributed by atoms with Crippen molar-refractivity contribution in [2.24, 2.45) is 17.1 Å². The van der Waals surface area contributed by atoms with Gasteiger partial charge >= 0.3 is 6.09 Å². The van der Waals surface area contributed by atoms with Crippen molar-refractivity contribution >= 4 is 6.09 Å². The fraction of sp³-hybridized carbons (Fsp3) is 0.929. The Morgan fingerprint density at radius 1 is 1.42 bits per heavy atom. The number of carbonyl (C=O) groups is 1. The average Bonchev–Trinajstić information content (AvgIpc) is 2.71. The molecule has 3 unspecified atom stereocenters. The zero-order valence-electron chi connectivity index (χ0n) is 12.8. The quantitative estimate of drug-likeness (QED) is 0.820. The Hall–Kier alpha value is -0.810. The molecule has 0 aromatic rings. The maximum atomic E-state index is 11.7. The number of hydrogen-bond donors (Lipinski definition) is 2. The highest BCUT2D eigenvalue weighted by molar-refractivity contribution is 5.67. The zero-order chi connectivity index (χ0) is 14.7. The molecule has 0 aromatic carbocycles. The fourth-order valence-corrected chi connectivity index (χ4v) is 2.59. The van der Waals surface area contributed by atoms with Crippen LogP contribution in [0.2, 0.25) is 0 Å². The summed E-state index contributed by atoms with van der Waals surface area (Å²) < 4.78 is 10.8. The molecule has 0 radical (unpaired) electrons. The molecule has 1 rings (SSSR count). The maximum Gasteiger partial charge on any atom is 0.407 e. The van der Waals surface area contributed by atoms with E-state index in [4.69, 9.17) is 15.2 Å². The molecular formula is C14H28N2O3. The lowest BCUT2D eigenvalue weighted by Gasteiger charge is -2.36. The summed E-state index contributed by atoms with van der Waals surface area (Å²) >= 11 is 0. The molecule has 0 saturated carbocycles. The first-order chi connectivity index (χ1) is 8.68. The minimum atomic E-state index is -0.479. The van der Waals surface area contributed by atoms with E-state index < -0.39 is 11.7 Å². The van der Waals surface area contributed by atoms with Gasteiger partial charge in [-0.15, -0.1) is 0 Å². The molecule has 0 aliphatic carbocycles. The van der Waals surface area contributed by atoms with Crippen LogP contribution in [0.3, 0.4) is 0 Å². The summed E-state index contributed by atoms with van der Waals surface area (Å²) in [5, 5.41) is 2.83. The Morgan fingerprint density at radius 2 is 2.05 bits per heavy atom. The van der Waals surface area contributed by atoms with Gasteiger partial charge in [-0.2, -0.15) is 0 Å². The topological polar surface area (TPSA) is 73.6 Å². The predicted octanol–water partition coefficient (Wildman–Crippen LogP) is 1.90. The van der Waals surface area contributed by atoms with Crippen LogP contribution in [-0.4, -0.2) is 37.5 Å². The van der Waals surface area contributed by atoms with Gasteiger partial charge in [-0.1, -0.05) is 6.92 Å². The second-order valence-corrected chi connectivity index (χ2v) is 6.68. The highest BCUT2D eigenvalue weighted by Gasteiger charge is 2.40. The molecule has 19 heavy (non-hydrogen) atoms. The lowest BCUT2D eigenvalue weighted by molar-refractivity contribution is 0.0408. The molecule has 1 heterocycles. The Bertz CT molecular complexity index is 314. The number of rotatable bonds is 4. The number of nitrogens with two attached hydrogens (primary N) is 1. The minimum Gasteiger partial charge on any atom is -0.444 e. The van der Waals surface area contributed by atoms with Gasteiger partial charge in [-0.3, -0.25) is 0 Å². The number of ether oxygens (including phenoxy) is 2. The third kappa shape index (κ3) is 4.66. The van der Waals surface area contributed by atoms with E-state index in [-0.39, 0.29) is 11.5 Å². The van der Waals surface area contributed by atoms with Gasteiger partial charge in [0.2, 0.25) is 0 Å². The van der Waals surface area contributed by atoms with Crippen molar-refractivity contribution in [1.29, 1.82) is 0 Å². The maximum absolute atomic E-state index is 11.7. The van der Waals surface area contributed by atoms with E-state index in [0.29, 0.717) is 19.0 Å². The summed E-state index contributed by atoms with van der Waals surface area (Å²) in [7, 11) is 0. The van der Waals surface area contributed by atoms with E-state index in [1.807, 2.05) is 20.8 Å². The number of carbonyl (C=O) groups excluding carboxylic acids is 1. The Kier molecular flexibility index (Phi) is 5.21. The van der Waals surface area contributed by atoms with Crippen LogP contribution in [0, 0.1) is 11.3 Å². The van der Waals surface area contributed by atoms with Crippen LogP contribution in [-0.2, 0) is 9.47 Å². The first kappa shape index (κ1) is 16.2. The SMILES string of the molecule is CC1OCCC1C(C)(CN)CNC(=O)OC(C)(C)C. The lowest BCUT2D eigenvalue weighted by Crippen LogP contribution is -2.48. The van der Waals surface area contributed by atoms with Crippen molar-refractivity contribution in [1.82, 2.24) is 5.32 Å². The first-order valence-corrected chi connectivity index (χ1v) is 6.96. The zero-order valence-corrected chi connectivity index (χ0v) is 12.8. The van der Waals surface area contributed by atoms with Gasteiger partial charge in [0, 0.05) is 18.6 Å². The van der Waals surface area contributed by atoms with Gasteiger partial charge in [0.1, 0.15) is 5.60 Å². The molecule has 1 aliphatic rings. The van der Waals surface area contributed by atoms with Crippen molar-refractivity contribution in [3.05, 3.63) is 0 Å². The predicted molar refractivity (Wildman–Crippen MR) is 74.9 cm³/mol. The molecule has 1 aliphatic heterocycles. The van der Waals surface area contributed by atoms with Crippen LogP contribution in [0.5, 0.6) is 0 Å². The summed E-state index contributed by atoms with van der Waals surface area (Å²) in [6.07, 6.45) is 0.790. The summed E-state index contributed by atoms with van der Waals surface area (Å²) in [4.78, 5) is 11.7. The van der Waals surface area contributed by atoms with E-state index in [2.05, 4.69) is 19.2 Å². The summed E-state index contributed by atoms with van der Waals surface area (Å²) in [5.74, 6) is 0.368. The summed E-state index contributed by atoms with van der Waals surface area (Å²) in [6, 6.07) is 0. The van der Waals surface area contributed by atoms with Crippen LogP contribution in [0.1, 0.15) is 41.0 Å². The van der Waals surface area contributed by atoms with Crippen molar-refractivity contribution in [3.63, 3.8) is 0 Å². The largest absolute Gasteiger partial charge is 0.444 e. The van der Waals surface area contributed by atoms with Crippen LogP contribution < -0.4 is 11.1 Å². The van der Waals surface area contributed by atoms with Gasteiger partial charge in [-0.05, 0) is 46.6 Å². The van der Waals surface area contributed by atoms with Gasteiger partial charge in [0.15, 0.2) is 0 Å². The summed E-state index contributed by atoms with van der Waals surface area (Å²) in [5.41, 5.74) is 5.28. The van der Waals surface area contributed by atoms with E-state index in [1.54, 1.807) is 0 Å². The molecular weight excluding hydrogens is 244 g/mol. The van der Waals surface area contributed by atoms with E-state index in [1.165, 1.54) is 0 Å². The van der Waals surface area contributed by atoms with Crippen LogP contribution in [0.4, 0.5) is 4.79 Å². The Labute approximate surface area is 116 Å². The Balaban J connectivity index is 2.54. The van der Waals surface area contributed by atoms with Gasteiger partial charge in [0.05, 0.1) is 6.10 Å². The second-order valence-electron chi connectivity index (χ2n) is 6.68. The van der Waals surface area contributed by atoms with Gasteiger partial charge in [0.25, 0.3) is 0 Å². The minimum absolute atomic E-state index is 0.160. The third-order valence-electron chi connectivity index (χ3n) is 3.77. The molecule has 1 fully saturated rings. The molecule has 0 aromatic heterocycles. The van der Waals surface area contributed by atoms with Crippen LogP contribution in [0.15, 0.2) is 0 Å². The van der Waals surface area contributed by atoms with E-state index in [9.17, 15) is 4.79 Å². The Morgan fingerprint density at radius 3 is 2.47 bits per heavy atom. The molecule has 5 heteroatoms. The monoisotopic (exact) mass is 272 g/mol. The number of alkyl carbamates (subject to hydrolysis) is 1. The van der Waals surface area contributed by atoms with Crippen molar-refractivity contribution in [2.75, 3.05) is 19.7 Å². The molecule has 0 bridgehead atoms. The first-order valence-electron chi connectivity index (χ1n) is 6.96. The molecule has 5 nitrogen and oxygen atoms in total. The highest BCUT2D eigenvalue weighted by atomic mass is 16.6. The smallest absolute Gasteiger partial charge is 0.407 e. The molecule has 1 saturated heterocycles. The number of hydrogen-bond acceptors (Lipinski definition) is 4. The molecule has 112 valence electrons. The average molecular weight is 272 g/mol. The second kappa shape index (κ2) is 6.09. The standard InChI is InChI=1S/C14H28N2O3/c1-10-11(6-7-18-10)14(5,8-15)9-16-12(17)19-13(2,3)4/h10-11H,6-9,15H2,1-5H3,(H,16,17). The third-order valence-corrected chi connectivity index (χ3v) is 3.77. The molecule has 0 spiro atoms. The van der Waals surface area contributed by atoms with Crippen LogP contribution in [0.25, 0.3) is 0 Å². The number of amides is 1. The molecule has 3 N–H and O–H groups in total. The van der Waals surface area contributed by atoms with E-state index in [0.717, 1.165) is 13.0 Å². The number of nitrogens with one attached hydrogen (secondary N) is 1. The van der Waals surface area contributed by atoms with E-state index >= 15 is 0 Å². The molecule has 1 amide bonds. The summed E-state index contributed by atoms with van der Waals surface area (Å²) in [6.45, 7) is 11.5.